The van der Waals surface area contributed by atoms with Gasteiger partial charge in [-0.1, -0.05) is 42.5 Å². The lowest BCUT2D eigenvalue weighted by Gasteiger charge is -2.35. The van der Waals surface area contributed by atoms with Gasteiger partial charge in [0.2, 0.25) is 0 Å². The molecule has 30 heavy (non-hydrogen) atoms. The molecule has 2 aromatic carbocycles. The van der Waals surface area contributed by atoms with Crippen molar-refractivity contribution in [2.75, 3.05) is 46.4 Å². The molecule has 0 aliphatic carbocycles. The highest BCUT2D eigenvalue weighted by atomic mass is 16.6. The third-order valence-corrected chi connectivity index (χ3v) is 6.31. The zero-order valence-corrected chi connectivity index (χ0v) is 18.0. The van der Waals surface area contributed by atoms with E-state index >= 15 is 0 Å². The Kier molecular flexibility index (Phi) is 6.55. The Bertz CT molecular complexity index is 837. The molecule has 0 saturated carbocycles. The highest BCUT2D eigenvalue weighted by Crippen LogP contribution is 2.30. The fraction of sp³-hybridized carbons (Fsp3) is 0.458. The van der Waals surface area contributed by atoms with Crippen molar-refractivity contribution in [2.45, 2.75) is 25.6 Å². The molecule has 160 valence electrons. The lowest BCUT2D eigenvalue weighted by molar-refractivity contribution is -0.918. The maximum Gasteiger partial charge on any atom is 0.280 e. The van der Waals surface area contributed by atoms with Crippen LogP contribution in [0.15, 0.2) is 54.6 Å². The predicted molar refractivity (Wildman–Crippen MR) is 115 cm³/mol. The van der Waals surface area contributed by atoms with Crippen molar-refractivity contribution < 1.29 is 24.1 Å². The summed E-state index contributed by atoms with van der Waals surface area (Å²) in [7, 11) is 2.07. The van der Waals surface area contributed by atoms with Gasteiger partial charge in [0.15, 0.2) is 23.6 Å². The van der Waals surface area contributed by atoms with Gasteiger partial charge in [0.1, 0.15) is 19.7 Å². The third-order valence-electron chi connectivity index (χ3n) is 6.31. The summed E-state index contributed by atoms with van der Waals surface area (Å²) < 4.78 is 11.9. The van der Waals surface area contributed by atoms with Gasteiger partial charge in [0, 0.05) is 5.56 Å². The quantitative estimate of drug-likeness (QED) is 0.684. The van der Waals surface area contributed by atoms with Crippen LogP contribution >= 0.6 is 0 Å². The van der Waals surface area contributed by atoms with Crippen LogP contribution in [-0.2, 0) is 11.3 Å². The van der Waals surface area contributed by atoms with Crippen molar-refractivity contribution in [1.29, 1.82) is 0 Å². The first-order chi connectivity index (χ1) is 14.6. The van der Waals surface area contributed by atoms with Crippen LogP contribution in [0.25, 0.3) is 0 Å². The highest BCUT2D eigenvalue weighted by molar-refractivity contribution is 5.80. The van der Waals surface area contributed by atoms with Crippen molar-refractivity contribution >= 4 is 5.91 Å². The standard InChI is InChI=1S/C24H31N3O3/c1-19(25(2)17-21-18-29-22-10-6-7-11-23(22)30-21)24(28)27-14-12-26(13-15-27)16-20-8-4-3-5-9-20/h3-11,19,21H,12-18H2,1-2H3/p+2/t19-,21-/m1/s1. The molecule has 2 N–H and O–H groups in total. The van der Waals surface area contributed by atoms with E-state index in [0.29, 0.717) is 6.61 Å². The Morgan fingerprint density at radius 3 is 2.50 bits per heavy atom. The van der Waals surface area contributed by atoms with Gasteiger partial charge in [0.25, 0.3) is 5.91 Å². The lowest BCUT2D eigenvalue weighted by Crippen LogP contribution is -3.16. The SMILES string of the molecule is C[C@H](C(=O)N1CC[NH+](Cc2ccccc2)CC1)[NH+](C)C[C@@H]1COc2ccccc2O1. The molecule has 0 aromatic heterocycles. The minimum atomic E-state index is -0.0959. The molecule has 2 heterocycles. The summed E-state index contributed by atoms with van der Waals surface area (Å²) in [5.74, 6) is 1.83. The molecule has 1 saturated heterocycles. The number of quaternary nitrogens is 2. The molecule has 1 amide bonds. The number of rotatable bonds is 6. The summed E-state index contributed by atoms with van der Waals surface area (Å²) in [5, 5.41) is 0. The molecule has 2 aliphatic heterocycles. The van der Waals surface area contributed by atoms with Crippen molar-refractivity contribution in [3.63, 3.8) is 0 Å². The van der Waals surface area contributed by atoms with Crippen LogP contribution in [-0.4, -0.2) is 69.3 Å². The molecule has 2 aliphatic rings. The van der Waals surface area contributed by atoms with Crippen LogP contribution < -0.4 is 19.3 Å². The predicted octanol–water partition coefficient (Wildman–Crippen LogP) is -0.343. The van der Waals surface area contributed by atoms with Crippen LogP contribution in [0, 0.1) is 0 Å². The van der Waals surface area contributed by atoms with Gasteiger partial charge < -0.3 is 24.2 Å². The van der Waals surface area contributed by atoms with Gasteiger partial charge in [-0.15, -0.1) is 0 Å². The van der Waals surface area contributed by atoms with E-state index in [9.17, 15) is 4.79 Å². The van der Waals surface area contributed by atoms with Gasteiger partial charge >= 0.3 is 0 Å². The Morgan fingerprint density at radius 1 is 1.10 bits per heavy atom. The van der Waals surface area contributed by atoms with Crippen LogP contribution in [0.5, 0.6) is 11.5 Å². The minimum Gasteiger partial charge on any atom is -0.486 e. The molecular formula is C24H33N3O3+2. The summed E-state index contributed by atoms with van der Waals surface area (Å²) in [6.45, 7) is 7.98. The number of hydrogen-bond acceptors (Lipinski definition) is 3. The fourth-order valence-electron chi connectivity index (χ4n) is 4.29. The molecule has 4 rings (SSSR count). The normalized spacial score (nSPS) is 21.1. The zero-order chi connectivity index (χ0) is 20.9. The van der Waals surface area contributed by atoms with Gasteiger partial charge in [0.05, 0.1) is 33.2 Å². The zero-order valence-electron chi connectivity index (χ0n) is 18.0. The number of carbonyl (C=O) groups is 1. The first-order valence-electron chi connectivity index (χ1n) is 11.0. The number of amides is 1. The minimum absolute atomic E-state index is 0.0395. The number of hydrogen-bond donors (Lipinski definition) is 2. The number of likely N-dealkylation sites (N-methyl/N-ethyl adjacent to an activating group) is 1. The average molecular weight is 412 g/mol. The van der Waals surface area contributed by atoms with Crippen molar-refractivity contribution in [1.82, 2.24) is 4.90 Å². The molecule has 1 unspecified atom stereocenters. The first kappa shape index (κ1) is 20.7. The van der Waals surface area contributed by atoms with Gasteiger partial charge in [-0.05, 0) is 19.1 Å². The third kappa shape index (κ3) is 4.94. The molecule has 0 radical (unpaired) electrons. The highest BCUT2D eigenvalue weighted by Gasteiger charge is 2.33. The van der Waals surface area contributed by atoms with Crippen molar-refractivity contribution in [3.8, 4) is 11.5 Å². The van der Waals surface area contributed by atoms with Gasteiger partial charge in [-0.25, -0.2) is 0 Å². The summed E-state index contributed by atoms with van der Waals surface area (Å²) in [5.41, 5.74) is 1.36. The number of fused-ring (bicyclic) bond motifs is 1. The summed E-state index contributed by atoms with van der Waals surface area (Å²) >= 11 is 0. The van der Waals surface area contributed by atoms with E-state index in [1.807, 2.05) is 36.1 Å². The first-order valence-corrected chi connectivity index (χ1v) is 11.0. The number of piperazine rings is 1. The monoisotopic (exact) mass is 411 g/mol. The molecule has 0 spiro atoms. The average Bonchev–Trinajstić information content (AvgIpc) is 2.79. The lowest BCUT2D eigenvalue weighted by atomic mass is 10.1. The van der Waals surface area contributed by atoms with E-state index in [2.05, 4.69) is 37.4 Å². The van der Waals surface area contributed by atoms with E-state index in [1.54, 1.807) is 4.90 Å². The molecule has 0 bridgehead atoms. The van der Waals surface area contributed by atoms with Crippen LogP contribution in [0.1, 0.15) is 12.5 Å². The smallest absolute Gasteiger partial charge is 0.280 e. The molecule has 2 aromatic rings. The largest absolute Gasteiger partial charge is 0.486 e. The van der Waals surface area contributed by atoms with Crippen molar-refractivity contribution in [2.24, 2.45) is 0 Å². The molecule has 3 atom stereocenters. The Balaban J connectivity index is 1.24. The number of carbonyl (C=O) groups excluding carboxylic acids is 1. The van der Waals surface area contributed by atoms with Gasteiger partial charge in [-0.3, -0.25) is 4.79 Å². The van der Waals surface area contributed by atoms with Gasteiger partial charge in [-0.2, -0.15) is 0 Å². The van der Waals surface area contributed by atoms with E-state index in [-0.39, 0.29) is 18.1 Å². The van der Waals surface area contributed by atoms with E-state index in [1.165, 1.54) is 5.56 Å². The molecule has 6 nitrogen and oxygen atoms in total. The van der Waals surface area contributed by atoms with Crippen LogP contribution in [0.3, 0.4) is 0 Å². The van der Waals surface area contributed by atoms with E-state index < -0.39 is 0 Å². The second kappa shape index (κ2) is 9.49. The maximum atomic E-state index is 13.1. The molecule has 1 fully saturated rings. The number of nitrogens with one attached hydrogen (secondary N) is 2. The van der Waals surface area contributed by atoms with E-state index in [0.717, 1.165) is 55.7 Å². The number of para-hydroxylation sites is 2. The number of ether oxygens (including phenoxy) is 2. The fourth-order valence-corrected chi connectivity index (χ4v) is 4.29. The summed E-state index contributed by atoms with van der Waals surface area (Å²) in [6, 6.07) is 18.3. The van der Waals surface area contributed by atoms with Crippen molar-refractivity contribution in [3.05, 3.63) is 60.2 Å². The number of benzene rings is 2. The van der Waals surface area contributed by atoms with E-state index in [4.69, 9.17) is 9.47 Å². The number of nitrogens with zero attached hydrogens (tertiary/aromatic N) is 1. The Hall–Kier alpha value is -2.57. The summed E-state index contributed by atoms with van der Waals surface area (Å²) in [4.78, 5) is 17.8. The second-order valence-corrected chi connectivity index (χ2v) is 8.51. The molecule has 6 heteroatoms. The summed E-state index contributed by atoms with van der Waals surface area (Å²) in [6.07, 6.45) is -0.0395. The Labute approximate surface area is 179 Å². The molecular weight excluding hydrogens is 378 g/mol. The Morgan fingerprint density at radius 2 is 1.77 bits per heavy atom. The maximum absolute atomic E-state index is 13.1. The van der Waals surface area contributed by atoms with Crippen LogP contribution in [0.2, 0.25) is 0 Å². The van der Waals surface area contributed by atoms with Crippen LogP contribution in [0.4, 0.5) is 0 Å². The second-order valence-electron chi connectivity index (χ2n) is 8.51. The topological polar surface area (TPSA) is 47.7 Å².